The lowest BCUT2D eigenvalue weighted by molar-refractivity contribution is -0.136. The van der Waals surface area contributed by atoms with E-state index in [0.29, 0.717) is 41.1 Å². The van der Waals surface area contributed by atoms with Gasteiger partial charge in [0.1, 0.15) is 35.5 Å². The normalized spacial score (nSPS) is 13.9. The third-order valence-electron chi connectivity index (χ3n) is 7.36. The van der Waals surface area contributed by atoms with E-state index in [1.54, 1.807) is 25.3 Å². The Morgan fingerprint density at radius 2 is 1.66 bits per heavy atom. The van der Waals surface area contributed by atoms with E-state index in [0.717, 1.165) is 11.1 Å². The molecule has 4 aromatic rings. The third-order valence-corrected chi connectivity index (χ3v) is 7.36. The van der Waals surface area contributed by atoms with E-state index in [9.17, 15) is 10.1 Å². The number of nitrogens with two attached hydrogens (primary N) is 1. The van der Waals surface area contributed by atoms with Crippen molar-refractivity contribution in [2.75, 3.05) is 13.7 Å². The van der Waals surface area contributed by atoms with E-state index < -0.39 is 11.9 Å². The zero-order valence-electron chi connectivity index (χ0n) is 25.1. The van der Waals surface area contributed by atoms with Crippen LogP contribution in [-0.2, 0) is 11.4 Å². The fraction of sp³-hybridized carbons (Fsp3) is 0.222. The number of fused-ring (bicyclic) bond motifs is 1. The van der Waals surface area contributed by atoms with Crippen LogP contribution in [0.1, 0.15) is 53.5 Å². The van der Waals surface area contributed by atoms with Crippen molar-refractivity contribution in [2.45, 2.75) is 39.2 Å². The van der Waals surface area contributed by atoms with Gasteiger partial charge in [0.15, 0.2) is 18.1 Å². The minimum absolute atomic E-state index is 0.0275. The van der Waals surface area contributed by atoms with Crippen LogP contribution in [0.25, 0.3) is 0 Å². The first-order valence-electron chi connectivity index (χ1n) is 14.3. The Bertz CT molecular complexity index is 1720. The molecule has 1 heterocycles. The first kappa shape index (κ1) is 30.1. The summed E-state index contributed by atoms with van der Waals surface area (Å²) in [4.78, 5) is 12.5. The quantitative estimate of drug-likeness (QED) is 0.157. The molecule has 4 aromatic carbocycles. The zero-order valence-corrected chi connectivity index (χ0v) is 25.1. The number of rotatable bonds is 10. The van der Waals surface area contributed by atoms with Crippen LogP contribution >= 0.6 is 0 Å². The van der Waals surface area contributed by atoms with Gasteiger partial charge in [-0.1, -0.05) is 67.9 Å². The van der Waals surface area contributed by atoms with Gasteiger partial charge in [0.2, 0.25) is 5.88 Å². The Hall–Kier alpha value is -5.42. The summed E-state index contributed by atoms with van der Waals surface area (Å²) in [6.45, 7) is 6.37. The fourth-order valence-electron chi connectivity index (χ4n) is 4.92. The molecule has 1 unspecified atom stereocenters. The molecule has 0 bridgehead atoms. The average molecular weight is 591 g/mol. The smallest absolute Gasteiger partial charge is 0.349 e. The molecule has 8 nitrogen and oxygen atoms in total. The number of hydrogen-bond acceptors (Lipinski definition) is 8. The number of methoxy groups -OCH3 is 1. The lowest BCUT2D eigenvalue weighted by atomic mass is 9.83. The zero-order chi connectivity index (χ0) is 31.2. The minimum atomic E-state index is -0.572. The number of allylic oxidation sites excluding steroid dienone is 1. The molecule has 0 fully saturated rings. The number of aryl methyl sites for hydroxylation is 1. The largest absolute Gasteiger partial charge is 0.493 e. The van der Waals surface area contributed by atoms with Crippen LogP contribution in [0.3, 0.4) is 0 Å². The van der Waals surface area contributed by atoms with Gasteiger partial charge in [-0.05, 0) is 59.9 Å². The van der Waals surface area contributed by atoms with E-state index in [4.69, 9.17) is 29.4 Å². The summed E-state index contributed by atoms with van der Waals surface area (Å²) in [5, 5.41) is 9.99. The molecule has 8 heteroatoms. The van der Waals surface area contributed by atoms with E-state index >= 15 is 0 Å². The molecule has 0 spiro atoms. The maximum Gasteiger partial charge on any atom is 0.349 e. The van der Waals surface area contributed by atoms with Crippen LogP contribution in [0.5, 0.6) is 28.7 Å². The monoisotopic (exact) mass is 590 g/mol. The highest BCUT2D eigenvalue weighted by Crippen LogP contribution is 2.45. The summed E-state index contributed by atoms with van der Waals surface area (Å²) in [6.07, 6.45) is 0. The molecule has 0 aliphatic carbocycles. The Morgan fingerprint density at radius 3 is 2.34 bits per heavy atom. The predicted octanol–water partition coefficient (Wildman–Crippen LogP) is 6.91. The number of nitriles is 1. The number of hydrogen-bond donors (Lipinski definition) is 1. The minimum Gasteiger partial charge on any atom is -0.493 e. The van der Waals surface area contributed by atoms with Crippen LogP contribution in [0.15, 0.2) is 96.4 Å². The topological polar surface area (TPSA) is 113 Å². The molecule has 5 rings (SSSR count). The van der Waals surface area contributed by atoms with Gasteiger partial charge in [-0.15, -0.1) is 0 Å². The molecular formula is C36H34N2O6. The summed E-state index contributed by atoms with van der Waals surface area (Å²) in [5.74, 6) is 1.56. The van der Waals surface area contributed by atoms with E-state index in [2.05, 4.69) is 19.9 Å². The molecule has 1 aliphatic rings. The van der Waals surface area contributed by atoms with Crippen molar-refractivity contribution in [3.8, 4) is 34.8 Å². The summed E-state index contributed by atoms with van der Waals surface area (Å²) in [6, 6.07) is 28.4. The fourth-order valence-corrected chi connectivity index (χ4v) is 4.92. The lowest BCUT2D eigenvalue weighted by Gasteiger charge is -2.27. The molecule has 1 atom stereocenters. The summed E-state index contributed by atoms with van der Waals surface area (Å²) >= 11 is 0. The molecule has 0 radical (unpaired) electrons. The van der Waals surface area contributed by atoms with Gasteiger partial charge >= 0.3 is 5.97 Å². The van der Waals surface area contributed by atoms with Crippen LogP contribution in [0.4, 0.5) is 0 Å². The van der Waals surface area contributed by atoms with Crippen molar-refractivity contribution in [1.29, 1.82) is 5.26 Å². The van der Waals surface area contributed by atoms with Crippen LogP contribution < -0.4 is 29.4 Å². The van der Waals surface area contributed by atoms with Crippen molar-refractivity contribution < 1.29 is 28.5 Å². The van der Waals surface area contributed by atoms with Crippen LogP contribution in [0.2, 0.25) is 0 Å². The van der Waals surface area contributed by atoms with E-state index in [1.165, 1.54) is 11.1 Å². The highest BCUT2D eigenvalue weighted by atomic mass is 16.6. The molecule has 224 valence electrons. The Kier molecular flexibility index (Phi) is 9.06. The van der Waals surface area contributed by atoms with Crippen molar-refractivity contribution in [2.24, 2.45) is 5.73 Å². The average Bonchev–Trinajstić information content (AvgIpc) is 3.03. The molecule has 0 saturated heterocycles. The molecule has 0 aromatic heterocycles. The second-order valence-corrected chi connectivity index (χ2v) is 10.8. The SMILES string of the molecule is COc1cc(C2C(C#N)=C(N)Oc3cc(OC(=O)COc4ccc(C(C)C)cc4)ccc32)ccc1OCc1ccc(C)cc1. The first-order valence-corrected chi connectivity index (χ1v) is 14.3. The summed E-state index contributed by atoms with van der Waals surface area (Å²) < 4.78 is 28.6. The molecular weight excluding hydrogens is 556 g/mol. The van der Waals surface area contributed by atoms with Crippen LogP contribution in [0, 0.1) is 18.3 Å². The maximum atomic E-state index is 12.5. The molecule has 0 saturated carbocycles. The van der Waals surface area contributed by atoms with Gasteiger partial charge in [-0.25, -0.2) is 4.79 Å². The van der Waals surface area contributed by atoms with Crippen molar-refractivity contribution in [3.05, 3.63) is 124 Å². The van der Waals surface area contributed by atoms with E-state index in [1.807, 2.05) is 73.7 Å². The number of carbonyl (C=O) groups excluding carboxylic acids is 1. The van der Waals surface area contributed by atoms with Gasteiger partial charge < -0.3 is 29.4 Å². The van der Waals surface area contributed by atoms with Gasteiger partial charge in [-0.2, -0.15) is 5.26 Å². The van der Waals surface area contributed by atoms with Crippen molar-refractivity contribution in [3.63, 3.8) is 0 Å². The number of esters is 1. The first-order chi connectivity index (χ1) is 21.2. The molecule has 44 heavy (non-hydrogen) atoms. The van der Waals surface area contributed by atoms with Crippen molar-refractivity contribution in [1.82, 2.24) is 0 Å². The Labute approximate surface area is 257 Å². The third kappa shape index (κ3) is 6.79. The van der Waals surface area contributed by atoms with Gasteiger partial charge in [0.05, 0.1) is 13.0 Å². The second-order valence-electron chi connectivity index (χ2n) is 10.8. The molecule has 1 aliphatic heterocycles. The number of carbonyl (C=O) groups is 1. The number of ether oxygens (including phenoxy) is 5. The second kappa shape index (κ2) is 13.3. The maximum absolute atomic E-state index is 12.5. The summed E-state index contributed by atoms with van der Waals surface area (Å²) in [7, 11) is 1.57. The van der Waals surface area contributed by atoms with E-state index in [-0.39, 0.29) is 23.8 Å². The predicted molar refractivity (Wildman–Crippen MR) is 166 cm³/mol. The van der Waals surface area contributed by atoms with Gasteiger partial charge in [0, 0.05) is 11.6 Å². The molecule has 2 N–H and O–H groups in total. The molecule has 0 amide bonds. The standard InChI is InChI=1S/C36H34N2O6/c1-22(2)25-9-12-27(13-10-25)41-21-34(39)43-28-14-15-29-32(18-28)44-36(38)30(19-37)35(29)26-11-16-31(33(17-26)40-4)42-20-24-7-5-23(3)6-8-24/h5-18,22,35H,20-21,38H2,1-4H3. The number of nitrogens with zero attached hydrogens (tertiary/aromatic N) is 1. The van der Waals surface area contributed by atoms with Gasteiger partial charge in [-0.3, -0.25) is 0 Å². The highest BCUT2D eigenvalue weighted by molar-refractivity contribution is 5.74. The Balaban J connectivity index is 1.32. The summed E-state index contributed by atoms with van der Waals surface area (Å²) in [5.41, 5.74) is 11.3. The number of benzene rings is 4. The highest BCUT2D eigenvalue weighted by Gasteiger charge is 2.32. The van der Waals surface area contributed by atoms with Crippen LogP contribution in [-0.4, -0.2) is 19.7 Å². The van der Waals surface area contributed by atoms with Crippen molar-refractivity contribution >= 4 is 5.97 Å². The Morgan fingerprint density at radius 1 is 0.932 bits per heavy atom. The lowest BCUT2D eigenvalue weighted by Crippen LogP contribution is -2.22. The van der Waals surface area contributed by atoms with Gasteiger partial charge in [0.25, 0.3) is 0 Å².